The highest BCUT2D eigenvalue weighted by molar-refractivity contribution is 14.1. The third kappa shape index (κ3) is 1.60. The molecule has 0 amide bonds. The van der Waals surface area contributed by atoms with E-state index in [0.717, 1.165) is 5.56 Å². The Bertz CT molecular complexity index is 447. The van der Waals surface area contributed by atoms with Crippen LogP contribution >= 0.6 is 33.9 Å². The molecule has 0 fully saturated rings. The highest BCUT2D eigenvalue weighted by atomic mass is 127. The molecule has 0 aliphatic heterocycles. The Kier molecular flexibility index (Phi) is 2.58. The standard InChI is InChI=1S/C10H9IOS/c1-6-5-13-10-8(6)2-7(4-12)3-9(10)11/h2-3,5,12H,4H2,1H3. The van der Waals surface area contributed by atoms with Crippen LogP contribution in [0.1, 0.15) is 11.1 Å². The van der Waals surface area contributed by atoms with E-state index in [1.165, 1.54) is 19.2 Å². The average molecular weight is 304 g/mol. The first-order chi connectivity index (χ1) is 6.22. The van der Waals surface area contributed by atoms with Gasteiger partial charge in [0.15, 0.2) is 0 Å². The van der Waals surface area contributed by atoms with Crippen LogP contribution in [0.4, 0.5) is 0 Å². The Balaban J connectivity index is 2.80. The number of aliphatic hydroxyl groups is 1. The zero-order chi connectivity index (χ0) is 9.42. The van der Waals surface area contributed by atoms with Crippen molar-refractivity contribution in [1.29, 1.82) is 0 Å². The van der Waals surface area contributed by atoms with Crippen LogP contribution in [0.2, 0.25) is 0 Å². The topological polar surface area (TPSA) is 20.2 Å². The molecule has 0 aliphatic rings. The lowest BCUT2D eigenvalue weighted by atomic mass is 10.1. The summed E-state index contributed by atoms with van der Waals surface area (Å²) in [6.07, 6.45) is 0. The maximum Gasteiger partial charge on any atom is 0.0682 e. The first-order valence-electron chi connectivity index (χ1n) is 3.99. The number of benzene rings is 1. The Morgan fingerprint density at radius 1 is 1.46 bits per heavy atom. The van der Waals surface area contributed by atoms with E-state index >= 15 is 0 Å². The predicted octanol–water partition coefficient (Wildman–Crippen LogP) is 3.31. The van der Waals surface area contributed by atoms with Gasteiger partial charge in [0.25, 0.3) is 0 Å². The largest absolute Gasteiger partial charge is 0.392 e. The smallest absolute Gasteiger partial charge is 0.0682 e. The van der Waals surface area contributed by atoms with Gasteiger partial charge in [-0.05, 0) is 63.5 Å². The van der Waals surface area contributed by atoms with E-state index in [1.54, 1.807) is 11.3 Å². The van der Waals surface area contributed by atoms with Crippen LogP contribution in [-0.4, -0.2) is 5.11 Å². The molecule has 1 heterocycles. The molecule has 1 N–H and O–H groups in total. The molecule has 1 aromatic carbocycles. The molecule has 13 heavy (non-hydrogen) atoms. The molecule has 0 radical (unpaired) electrons. The highest BCUT2D eigenvalue weighted by Crippen LogP contribution is 2.30. The molecule has 0 saturated heterocycles. The Labute approximate surface area is 94.5 Å². The minimum absolute atomic E-state index is 0.126. The minimum atomic E-state index is 0.126. The van der Waals surface area contributed by atoms with Crippen LogP contribution in [0.25, 0.3) is 10.1 Å². The number of aryl methyl sites for hydroxylation is 1. The van der Waals surface area contributed by atoms with E-state index in [2.05, 4.69) is 41.0 Å². The molecule has 2 aromatic rings. The van der Waals surface area contributed by atoms with Crippen LogP contribution in [0.5, 0.6) is 0 Å². The van der Waals surface area contributed by atoms with Crippen molar-refractivity contribution >= 4 is 44.0 Å². The van der Waals surface area contributed by atoms with Crippen LogP contribution in [0.15, 0.2) is 17.5 Å². The Morgan fingerprint density at radius 3 is 2.92 bits per heavy atom. The van der Waals surface area contributed by atoms with Gasteiger partial charge in [-0.3, -0.25) is 0 Å². The fourth-order valence-corrected chi connectivity index (χ4v) is 3.38. The van der Waals surface area contributed by atoms with Crippen LogP contribution in [0.3, 0.4) is 0 Å². The number of rotatable bonds is 1. The number of thiophene rings is 1. The second-order valence-electron chi connectivity index (χ2n) is 3.03. The molecule has 0 aliphatic carbocycles. The van der Waals surface area contributed by atoms with E-state index < -0.39 is 0 Å². The molecule has 68 valence electrons. The predicted molar refractivity (Wildman–Crippen MR) is 65.2 cm³/mol. The quantitative estimate of drug-likeness (QED) is 0.802. The molecule has 0 unspecified atom stereocenters. The van der Waals surface area contributed by atoms with Gasteiger partial charge in [-0.25, -0.2) is 0 Å². The fraction of sp³-hybridized carbons (Fsp3) is 0.200. The lowest BCUT2D eigenvalue weighted by molar-refractivity contribution is 0.282. The van der Waals surface area contributed by atoms with Crippen molar-refractivity contribution in [3.8, 4) is 0 Å². The third-order valence-electron chi connectivity index (χ3n) is 2.06. The number of hydrogen-bond donors (Lipinski definition) is 1. The van der Waals surface area contributed by atoms with E-state index in [1.807, 2.05) is 6.07 Å². The molecule has 3 heteroatoms. The summed E-state index contributed by atoms with van der Waals surface area (Å²) < 4.78 is 2.56. The first kappa shape index (κ1) is 9.43. The van der Waals surface area contributed by atoms with Gasteiger partial charge in [0.1, 0.15) is 0 Å². The second kappa shape index (κ2) is 3.55. The summed E-state index contributed by atoms with van der Waals surface area (Å²) >= 11 is 4.09. The average Bonchev–Trinajstić information content (AvgIpc) is 2.48. The van der Waals surface area contributed by atoms with Crippen molar-refractivity contribution in [2.75, 3.05) is 0 Å². The summed E-state index contributed by atoms with van der Waals surface area (Å²) in [4.78, 5) is 0. The summed E-state index contributed by atoms with van der Waals surface area (Å²) in [6, 6.07) is 4.11. The first-order valence-corrected chi connectivity index (χ1v) is 5.95. The summed E-state index contributed by atoms with van der Waals surface area (Å²) in [5.41, 5.74) is 2.30. The maximum atomic E-state index is 9.05. The van der Waals surface area contributed by atoms with Gasteiger partial charge < -0.3 is 5.11 Å². The van der Waals surface area contributed by atoms with Crippen molar-refractivity contribution in [2.45, 2.75) is 13.5 Å². The number of hydrogen-bond acceptors (Lipinski definition) is 2. The Hall–Kier alpha value is -0.130. The van der Waals surface area contributed by atoms with E-state index in [-0.39, 0.29) is 6.61 Å². The van der Waals surface area contributed by atoms with Gasteiger partial charge in [0, 0.05) is 8.27 Å². The molecule has 1 aromatic heterocycles. The van der Waals surface area contributed by atoms with Crippen LogP contribution in [-0.2, 0) is 6.61 Å². The minimum Gasteiger partial charge on any atom is -0.392 e. The van der Waals surface area contributed by atoms with Crippen molar-refractivity contribution in [2.24, 2.45) is 0 Å². The molecule has 1 nitrogen and oxygen atoms in total. The SMILES string of the molecule is Cc1csc2c(I)cc(CO)cc12. The highest BCUT2D eigenvalue weighted by Gasteiger charge is 2.05. The maximum absolute atomic E-state index is 9.05. The van der Waals surface area contributed by atoms with Crippen molar-refractivity contribution in [1.82, 2.24) is 0 Å². The fourth-order valence-electron chi connectivity index (χ4n) is 1.36. The molecular formula is C10H9IOS. The summed E-state index contributed by atoms with van der Waals surface area (Å²) in [5, 5.41) is 12.5. The van der Waals surface area contributed by atoms with Crippen molar-refractivity contribution in [3.05, 3.63) is 32.2 Å². The Morgan fingerprint density at radius 2 is 2.23 bits per heavy atom. The summed E-state index contributed by atoms with van der Waals surface area (Å²) in [5.74, 6) is 0. The van der Waals surface area contributed by atoms with Gasteiger partial charge >= 0.3 is 0 Å². The molecule has 0 atom stereocenters. The zero-order valence-corrected chi connectivity index (χ0v) is 10.1. The molecule has 0 saturated carbocycles. The van der Waals surface area contributed by atoms with Gasteiger partial charge in [0.2, 0.25) is 0 Å². The summed E-state index contributed by atoms with van der Waals surface area (Å²) in [7, 11) is 0. The number of halogens is 1. The zero-order valence-electron chi connectivity index (χ0n) is 7.17. The normalized spacial score (nSPS) is 11.0. The van der Waals surface area contributed by atoms with Gasteiger partial charge in [-0.1, -0.05) is 0 Å². The van der Waals surface area contributed by atoms with E-state index in [9.17, 15) is 0 Å². The molecule has 0 bridgehead atoms. The van der Waals surface area contributed by atoms with Crippen LogP contribution < -0.4 is 0 Å². The number of aliphatic hydroxyl groups excluding tert-OH is 1. The van der Waals surface area contributed by atoms with E-state index in [4.69, 9.17) is 5.11 Å². The lowest BCUT2D eigenvalue weighted by Gasteiger charge is -2.00. The summed E-state index contributed by atoms with van der Waals surface area (Å²) in [6.45, 7) is 2.23. The molecule has 0 spiro atoms. The third-order valence-corrected chi connectivity index (χ3v) is 4.43. The van der Waals surface area contributed by atoms with Gasteiger partial charge in [0.05, 0.1) is 6.61 Å². The van der Waals surface area contributed by atoms with Gasteiger partial charge in [-0.15, -0.1) is 11.3 Å². The van der Waals surface area contributed by atoms with Crippen LogP contribution in [0, 0.1) is 10.5 Å². The van der Waals surface area contributed by atoms with Crippen molar-refractivity contribution < 1.29 is 5.11 Å². The van der Waals surface area contributed by atoms with Crippen molar-refractivity contribution in [3.63, 3.8) is 0 Å². The molecule has 2 rings (SSSR count). The second-order valence-corrected chi connectivity index (χ2v) is 5.07. The number of fused-ring (bicyclic) bond motifs is 1. The molecular weight excluding hydrogens is 295 g/mol. The lowest BCUT2D eigenvalue weighted by Crippen LogP contribution is -1.84. The van der Waals surface area contributed by atoms with Gasteiger partial charge in [-0.2, -0.15) is 0 Å². The monoisotopic (exact) mass is 304 g/mol. The van der Waals surface area contributed by atoms with E-state index in [0.29, 0.717) is 0 Å².